The van der Waals surface area contributed by atoms with Crippen LogP contribution in [0.3, 0.4) is 0 Å². The summed E-state index contributed by atoms with van der Waals surface area (Å²) in [7, 11) is 0. The third kappa shape index (κ3) is 45.9. The van der Waals surface area contributed by atoms with E-state index in [1.165, 1.54) is 218 Å². The molecule has 0 fully saturated rings. The molecule has 0 rings (SSSR count). The fourth-order valence-electron chi connectivity index (χ4n) is 8.22. The van der Waals surface area contributed by atoms with Gasteiger partial charge in [-0.1, -0.05) is 257 Å². The molecule has 0 aromatic carbocycles. The lowest BCUT2D eigenvalue weighted by molar-refractivity contribution is -0.143. The summed E-state index contributed by atoms with van der Waals surface area (Å²) in [6.45, 7) is 4.87. The van der Waals surface area contributed by atoms with Gasteiger partial charge in [-0.3, -0.25) is 9.59 Å². The van der Waals surface area contributed by atoms with Crippen molar-refractivity contribution in [1.82, 2.24) is 5.32 Å². The highest BCUT2D eigenvalue weighted by atomic mass is 16.5. The van der Waals surface area contributed by atoms with E-state index >= 15 is 0 Å². The van der Waals surface area contributed by atoms with Crippen LogP contribution in [0.2, 0.25) is 0 Å². The van der Waals surface area contributed by atoms with Crippen LogP contribution in [0.1, 0.15) is 290 Å². The Morgan fingerprint density at radius 1 is 0.458 bits per heavy atom. The first-order valence-electron chi connectivity index (χ1n) is 26.5. The minimum absolute atomic E-state index is 0.00585. The molecular weight excluding hydrogens is 731 g/mol. The standard InChI is InChI=1S/C53H103NO5/c1-3-5-7-9-11-13-14-15-16-17-21-24-27-31-35-39-43-47-53(58)59-48-44-40-36-32-28-25-22-19-18-20-23-26-30-34-38-42-46-52(57)54-50(49-55)51(56)45-41-37-33-29-12-10-8-6-4-2/h41,45,50-51,55-56H,3-40,42-44,46-49H2,1-2H3,(H,54,57)/b45-41+. The van der Waals surface area contributed by atoms with Crippen molar-refractivity contribution in [3.05, 3.63) is 12.2 Å². The van der Waals surface area contributed by atoms with E-state index in [9.17, 15) is 19.8 Å². The van der Waals surface area contributed by atoms with Gasteiger partial charge in [-0.15, -0.1) is 0 Å². The van der Waals surface area contributed by atoms with Crippen LogP contribution in [0.4, 0.5) is 0 Å². The number of hydrogen-bond donors (Lipinski definition) is 3. The maximum atomic E-state index is 12.4. The fourth-order valence-corrected chi connectivity index (χ4v) is 8.22. The van der Waals surface area contributed by atoms with Crippen LogP contribution in [0.5, 0.6) is 0 Å². The number of aliphatic hydroxyl groups is 2. The molecule has 0 saturated heterocycles. The topological polar surface area (TPSA) is 95.9 Å². The van der Waals surface area contributed by atoms with Crippen LogP contribution in [-0.4, -0.2) is 47.4 Å². The van der Waals surface area contributed by atoms with Crippen molar-refractivity contribution in [2.24, 2.45) is 0 Å². The van der Waals surface area contributed by atoms with E-state index in [-0.39, 0.29) is 18.5 Å². The van der Waals surface area contributed by atoms with Gasteiger partial charge in [-0.05, 0) is 32.1 Å². The van der Waals surface area contributed by atoms with Gasteiger partial charge in [0.25, 0.3) is 0 Å². The first-order valence-corrected chi connectivity index (χ1v) is 26.5. The molecular formula is C53H103NO5. The van der Waals surface area contributed by atoms with Crippen molar-refractivity contribution in [3.63, 3.8) is 0 Å². The van der Waals surface area contributed by atoms with E-state index < -0.39 is 12.1 Å². The summed E-state index contributed by atoms with van der Waals surface area (Å²) in [5, 5.41) is 22.9. The lowest BCUT2D eigenvalue weighted by atomic mass is 10.0. The molecule has 6 heteroatoms. The molecule has 59 heavy (non-hydrogen) atoms. The number of ether oxygens (including phenoxy) is 1. The molecule has 1 amide bonds. The number of carbonyl (C=O) groups excluding carboxylic acids is 2. The monoisotopic (exact) mass is 834 g/mol. The lowest BCUT2D eigenvalue weighted by Gasteiger charge is -2.20. The van der Waals surface area contributed by atoms with Gasteiger partial charge in [-0.2, -0.15) is 0 Å². The number of unbranched alkanes of at least 4 members (excludes halogenated alkanes) is 38. The van der Waals surface area contributed by atoms with Gasteiger partial charge in [0.2, 0.25) is 5.91 Å². The zero-order chi connectivity index (χ0) is 43.0. The molecule has 0 aliphatic heterocycles. The molecule has 0 aromatic rings. The molecule has 6 nitrogen and oxygen atoms in total. The number of allylic oxidation sites excluding steroid dienone is 1. The predicted molar refractivity (Wildman–Crippen MR) is 255 cm³/mol. The molecule has 350 valence electrons. The average Bonchev–Trinajstić information content (AvgIpc) is 3.24. The van der Waals surface area contributed by atoms with Gasteiger partial charge in [-0.25, -0.2) is 0 Å². The van der Waals surface area contributed by atoms with Gasteiger partial charge in [0, 0.05) is 12.8 Å². The van der Waals surface area contributed by atoms with Crippen molar-refractivity contribution in [3.8, 4) is 0 Å². The van der Waals surface area contributed by atoms with Crippen LogP contribution >= 0.6 is 0 Å². The quantitative estimate of drug-likeness (QED) is 0.0322. The summed E-state index contributed by atoms with van der Waals surface area (Å²) in [6, 6.07) is -0.629. The third-order valence-corrected chi connectivity index (χ3v) is 12.3. The van der Waals surface area contributed by atoms with E-state index in [1.807, 2.05) is 6.08 Å². The molecule has 2 atom stereocenters. The highest BCUT2D eigenvalue weighted by Gasteiger charge is 2.18. The van der Waals surface area contributed by atoms with E-state index in [0.29, 0.717) is 19.4 Å². The zero-order valence-electron chi connectivity index (χ0n) is 39.7. The molecule has 0 aliphatic carbocycles. The predicted octanol–water partition coefficient (Wildman–Crippen LogP) is 15.7. The summed E-state index contributed by atoms with van der Waals surface area (Å²) < 4.78 is 5.48. The van der Waals surface area contributed by atoms with Crippen molar-refractivity contribution in [2.45, 2.75) is 302 Å². The minimum atomic E-state index is -0.845. The van der Waals surface area contributed by atoms with Crippen LogP contribution in [0, 0.1) is 0 Å². The molecule has 0 radical (unpaired) electrons. The molecule has 0 spiro atoms. The Morgan fingerprint density at radius 3 is 1.15 bits per heavy atom. The Balaban J connectivity index is 3.38. The van der Waals surface area contributed by atoms with Gasteiger partial charge in [0.1, 0.15) is 0 Å². The van der Waals surface area contributed by atoms with Crippen LogP contribution in [0.15, 0.2) is 12.2 Å². The summed E-state index contributed by atoms with van der Waals surface area (Å²) in [5.74, 6) is -0.0708. The molecule has 0 saturated carbocycles. The zero-order valence-corrected chi connectivity index (χ0v) is 39.7. The highest BCUT2D eigenvalue weighted by Crippen LogP contribution is 2.17. The second-order valence-electron chi connectivity index (χ2n) is 18.2. The Kier molecular flexibility index (Phi) is 48.1. The Hall–Kier alpha value is -1.40. The van der Waals surface area contributed by atoms with Gasteiger partial charge in [0.05, 0.1) is 25.4 Å². The fraction of sp³-hybridized carbons (Fsp3) is 0.925. The number of amides is 1. The Morgan fingerprint density at radius 2 is 0.780 bits per heavy atom. The maximum Gasteiger partial charge on any atom is 0.305 e. The lowest BCUT2D eigenvalue weighted by Crippen LogP contribution is -2.45. The van der Waals surface area contributed by atoms with Crippen molar-refractivity contribution in [2.75, 3.05) is 13.2 Å². The van der Waals surface area contributed by atoms with Crippen LogP contribution in [-0.2, 0) is 14.3 Å². The first kappa shape index (κ1) is 57.6. The summed E-state index contributed by atoms with van der Waals surface area (Å²) >= 11 is 0. The van der Waals surface area contributed by atoms with E-state index in [0.717, 1.165) is 44.9 Å². The van der Waals surface area contributed by atoms with Gasteiger partial charge in [0.15, 0.2) is 0 Å². The molecule has 0 aliphatic rings. The third-order valence-electron chi connectivity index (χ3n) is 12.3. The molecule has 0 aromatic heterocycles. The molecule has 0 bridgehead atoms. The summed E-state index contributed by atoms with van der Waals surface area (Å²) in [5.41, 5.74) is 0. The van der Waals surface area contributed by atoms with Gasteiger partial charge >= 0.3 is 5.97 Å². The average molecular weight is 834 g/mol. The van der Waals surface area contributed by atoms with Crippen LogP contribution in [0.25, 0.3) is 0 Å². The number of nitrogens with one attached hydrogen (secondary N) is 1. The number of hydrogen-bond acceptors (Lipinski definition) is 5. The summed E-state index contributed by atoms with van der Waals surface area (Å²) in [4.78, 5) is 24.4. The number of esters is 1. The smallest absolute Gasteiger partial charge is 0.305 e. The number of carbonyl (C=O) groups is 2. The van der Waals surface area contributed by atoms with Crippen molar-refractivity contribution >= 4 is 11.9 Å². The Bertz CT molecular complexity index is 878. The maximum absolute atomic E-state index is 12.4. The highest BCUT2D eigenvalue weighted by molar-refractivity contribution is 5.76. The SMILES string of the molecule is CCCCCCCCC/C=C/C(O)C(CO)NC(=O)CCCCCCCCCCCCCCCCCCOC(=O)CCCCCCCCCCCCCCCCCCC. The molecule has 0 heterocycles. The second kappa shape index (κ2) is 49.3. The molecule has 3 N–H and O–H groups in total. The van der Waals surface area contributed by atoms with E-state index in [4.69, 9.17) is 4.74 Å². The Labute approximate surface area is 368 Å². The first-order chi connectivity index (χ1) is 29.0. The van der Waals surface area contributed by atoms with Gasteiger partial charge < -0.3 is 20.3 Å². The minimum Gasteiger partial charge on any atom is -0.466 e. The van der Waals surface area contributed by atoms with Crippen LogP contribution < -0.4 is 5.32 Å². The summed E-state index contributed by atoms with van der Waals surface area (Å²) in [6.07, 6.45) is 56.5. The largest absolute Gasteiger partial charge is 0.466 e. The second-order valence-corrected chi connectivity index (χ2v) is 18.2. The number of rotatable bonds is 49. The molecule has 2 unspecified atom stereocenters. The van der Waals surface area contributed by atoms with E-state index in [2.05, 4.69) is 19.2 Å². The van der Waals surface area contributed by atoms with Crippen molar-refractivity contribution in [1.29, 1.82) is 0 Å². The van der Waals surface area contributed by atoms with E-state index in [1.54, 1.807) is 6.08 Å². The number of aliphatic hydroxyl groups excluding tert-OH is 2. The van der Waals surface area contributed by atoms with Crippen molar-refractivity contribution < 1.29 is 24.5 Å². The normalized spacial score (nSPS) is 12.7.